The molecule has 140 valence electrons. The number of nitrogens with zero attached hydrogens (tertiary/aromatic N) is 2. The Morgan fingerprint density at radius 3 is 2.71 bits per heavy atom. The number of hydrogen-bond donors (Lipinski definition) is 2. The van der Waals surface area contributed by atoms with E-state index in [1.807, 2.05) is 0 Å². The van der Waals surface area contributed by atoms with Gasteiger partial charge in [-0.3, -0.25) is 9.79 Å². The van der Waals surface area contributed by atoms with Crippen LogP contribution in [0, 0.1) is 5.92 Å². The molecule has 6 nitrogen and oxygen atoms in total. The maximum atomic E-state index is 12.0. The lowest BCUT2D eigenvalue weighted by molar-refractivity contribution is -0.121. The maximum absolute atomic E-state index is 12.0. The van der Waals surface area contributed by atoms with Gasteiger partial charge in [-0.15, -0.1) is 24.0 Å². The van der Waals surface area contributed by atoms with Crippen LogP contribution < -0.4 is 10.6 Å². The highest BCUT2D eigenvalue weighted by Crippen LogP contribution is 2.18. The minimum atomic E-state index is 0. The van der Waals surface area contributed by atoms with Gasteiger partial charge in [0.1, 0.15) is 0 Å². The topological polar surface area (TPSA) is 66.0 Å². The molecule has 1 amide bonds. The van der Waals surface area contributed by atoms with Crippen LogP contribution in [0.5, 0.6) is 0 Å². The van der Waals surface area contributed by atoms with E-state index >= 15 is 0 Å². The summed E-state index contributed by atoms with van der Waals surface area (Å²) in [5.41, 5.74) is 0. The van der Waals surface area contributed by atoms with Crippen LogP contribution >= 0.6 is 24.0 Å². The van der Waals surface area contributed by atoms with Crippen molar-refractivity contribution in [1.82, 2.24) is 15.5 Å². The van der Waals surface area contributed by atoms with Gasteiger partial charge in [0.25, 0.3) is 0 Å². The van der Waals surface area contributed by atoms with Crippen molar-refractivity contribution in [3.63, 3.8) is 0 Å². The molecular formula is C17H33IN4O2. The number of aliphatic imine (C=N–C) groups is 1. The highest BCUT2D eigenvalue weighted by molar-refractivity contribution is 14.0. The maximum Gasteiger partial charge on any atom is 0.222 e. The Morgan fingerprint density at radius 2 is 2.04 bits per heavy atom. The number of guanidine groups is 1. The molecule has 1 heterocycles. The van der Waals surface area contributed by atoms with E-state index in [1.165, 1.54) is 12.8 Å². The van der Waals surface area contributed by atoms with E-state index < -0.39 is 0 Å². The standard InChI is InChI=1S/C17H32N4O2.HI/c1-3-18-17(21-11-9-14(12-21)13-23-2)19-10-8-16(22)20-15-6-4-5-7-15;/h14-15H,3-13H2,1-2H3,(H,18,19)(H,20,22);1H. The smallest absolute Gasteiger partial charge is 0.222 e. The zero-order valence-corrected chi connectivity index (χ0v) is 17.4. The lowest BCUT2D eigenvalue weighted by Crippen LogP contribution is -2.40. The molecule has 0 aromatic heterocycles. The van der Waals surface area contributed by atoms with Crippen molar-refractivity contribution in [2.75, 3.05) is 39.9 Å². The summed E-state index contributed by atoms with van der Waals surface area (Å²) in [4.78, 5) is 18.9. The van der Waals surface area contributed by atoms with Crippen molar-refractivity contribution in [1.29, 1.82) is 0 Å². The first-order valence-corrected chi connectivity index (χ1v) is 9.04. The SMILES string of the molecule is CCNC(=NCCC(=O)NC1CCCC1)N1CCC(COC)C1.I. The van der Waals surface area contributed by atoms with Crippen molar-refractivity contribution in [3.8, 4) is 0 Å². The van der Waals surface area contributed by atoms with Crippen LogP contribution in [0.1, 0.15) is 45.4 Å². The molecule has 2 rings (SSSR count). The fraction of sp³-hybridized carbons (Fsp3) is 0.882. The number of rotatable bonds is 7. The molecule has 1 aliphatic carbocycles. The Kier molecular flexibility index (Phi) is 10.6. The minimum Gasteiger partial charge on any atom is -0.384 e. The zero-order chi connectivity index (χ0) is 16.5. The Balaban J connectivity index is 0.00000288. The first-order valence-electron chi connectivity index (χ1n) is 9.04. The summed E-state index contributed by atoms with van der Waals surface area (Å²) in [5.74, 6) is 1.64. The lowest BCUT2D eigenvalue weighted by atomic mass is 10.1. The average Bonchev–Trinajstić information content (AvgIpc) is 3.18. The molecule has 7 heteroatoms. The summed E-state index contributed by atoms with van der Waals surface area (Å²) in [6, 6.07) is 0.396. The Labute approximate surface area is 163 Å². The van der Waals surface area contributed by atoms with Gasteiger partial charge in [0, 0.05) is 45.1 Å². The van der Waals surface area contributed by atoms with Gasteiger partial charge >= 0.3 is 0 Å². The molecule has 2 N–H and O–H groups in total. The second kappa shape index (κ2) is 11.9. The molecule has 1 unspecified atom stereocenters. The van der Waals surface area contributed by atoms with Crippen molar-refractivity contribution in [3.05, 3.63) is 0 Å². The number of amides is 1. The minimum absolute atomic E-state index is 0. The molecular weight excluding hydrogens is 419 g/mol. The molecule has 1 atom stereocenters. The van der Waals surface area contributed by atoms with E-state index in [0.717, 1.165) is 51.5 Å². The van der Waals surface area contributed by atoms with Crippen LogP contribution in [0.2, 0.25) is 0 Å². The number of nitrogens with one attached hydrogen (secondary N) is 2. The fourth-order valence-electron chi connectivity index (χ4n) is 3.46. The van der Waals surface area contributed by atoms with Crippen LogP contribution in [0.4, 0.5) is 0 Å². The number of carbonyl (C=O) groups is 1. The van der Waals surface area contributed by atoms with Gasteiger partial charge in [-0.2, -0.15) is 0 Å². The highest BCUT2D eigenvalue weighted by Gasteiger charge is 2.24. The van der Waals surface area contributed by atoms with Gasteiger partial charge in [0.15, 0.2) is 5.96 Å². The highest BCUT2D eigenvalue weighted by atomic mass is 127. The van der Waals surface area contributed by atoms with E-state index in [-0.39, 0.29) is 29.9 Å². The molecule has 0 aromatic carbocycles. The molecule has 0 radical (unpaired) electrons. The van der Waals surface area contributed by atoms with Crippen LogP contribution in [0.15, 0.2) is 4.99 Å². The van der Waals surface area contributed by atoms with Gasteiger partial charge in [0.05, 0.1) is 13.2 Å². The first kappa shape index (κ1) is 21.5. The lowest BCUT2D eigenvalue weighted by Gasteiger charge is -2.21. The van der Waals surface area contributed by atoms with Crippen molar-refractivity contribution in [2.24, 2.45) is 10.9 Å². The third-order valence-corrected chi connectivity index (χ3v) is 4.64. The van der Waals surface area contributed by atoms with Crippen LogP contribution in [0.25, 0.3) is 0 Å². The molecule has 24 heavy (non-hydrogen) atoms. The number of hydrogen-bond acceptors (Lipinski definition) is 3. The summed E-state index contributed by atoms with van der Waals surface area (Å²) >= 11 is 0. The fourth-order valence-corrected chi connectivity index (χ4v) is 3.46. The van der Waals surface area contributed by atoms with Crippen LogP contribution in [-0.2, 0) is 9.53 Å². The van der Waals surface area contributed by atoms with E-state index in [4.69, 9.17) is 4.74 Å². The zero-order valence-electron chi connectivity index (χ0n) is 15.1. The summed E-state index contributed by atoms with van der Waals surface area (Å²) in [6.45, 7) is 6.26. The number of methoxy groups -OCH3 is 1. The van der Waals surface area contributed by atoms with Crippen molar-refractivity contribution < 1.29 is 9.53 Å². The quantitative estimate of drug-likeness (QED) is 0.352. The molecule has 0 spiro atoms. The molecule has 2 fully saturated rings. The van der Waals surface area contributed by atoms with E-state index in [1.54, 1.807) is 7.11 Å². The predicted octanol–water partition coefficient (Wildman–Crippen LogP) is 1.99. The second-order valence-corrected chi connectivity index (χ2v) is 6.59. The Bertz CT molecular complexity index is 400. The number of likely N-dealkylation sites (tertiary alicyclic amines) is 1. The molecule has 2 aliphatic rings. The second-order valence-electron chi connectivity index (χ2n) is 6.59. The third-order valence-electron chi connectivity index (χ3n) is 4.64. The molecule has 1 saturated carbocycles. The predicted molar refractivity (Wildman–Crippen MR) is 108 cm³/mol. The van der Waals surface area contributed by atoms with Crippen LogP contribution in [-0.4, -0.2) is 62.7 Å². The Morgan fingerprint density at radius 1 is 1.29 bits per heavy atom. The van der Waals surface area contributed by atoms with E-state index in [2.05, 4.69) is 27.4 Å². The van der Waals surface area contributed by atoms with E-state index in [0.29, 0.717) is 24.9 Å². The molecule has 1 aliphatic heterocycles. The third kappa shape index (κ3) is 7.13. The summed E-state index contributed by atoms with van der Waals surface area (Å²) in [5, 5.41) is 6.46. The Hall–Kier alpha value is -0.570. The number of ether oxygens (including phenoxy) is 1. The number of carbonyl (C=O) groups excluding carboxylic acids is 1. The summed E-state index contributed by atoms with van der Waals surface area (Å²) in [6.07, 6.45) is 6.36. The van der Waals surface area contributed by atoms with Gasteiger partial charge in [-0.05, 0) is 26.2 Å². The average molecular weight is 452 g/mol. The largest absolute Gasteiger partial charge is 0.384 e. The first-order chi connectivity index (χ1) is 11.2. The van der Waals surface area contributed by atoms with Gasteiger partial charge in [-0.25, -0.2) is 0 Å². The monoisotopic (exact) mass is 452 g/mol. The van der Waals surface area contributed by atoms with Crippen LogP contribution in [0.3, 0.4) is 0 Å². The normalized spacial score (nSPS) is 21.7. The molecule has 0 aromatic rings. The number of halogens is 1. The molecule has 0 bridgehead atoms. The molecule has 1 saturated heterocycles. The van der Waals surface area contributed by atoms with E-state index in [9.17, 15) is 4.79 Å². The van der Waals surface area contributed by atoms with Crippen molar-refractivity contribution in [2.45, 2.75) is 51.5 Å². The summed E-state index contributed by atoms with van der Waals surface area (Å²) in [7, 11) is 1.75. The van der Waals surface area contributed by atoms with Crippen molar-refractivity contribution >= 4 is 35.8 Å². The summed E-state index contributed by atoms with van der Waals surface area (Å²) < 4.78 is 5.25. The van der Waals surface area contributed by atoms with Gasteiger partial charge in [-0.1, -0.05) is 12.8 Å². The van der Waals surface area contributed by atoms with Gasteiger partial charge < -0.3 is 20.3 Å². The van der Waals surface area contributed by atoms with Gasteiger partial charge in [0.2, 0.25) is 5.91 Å².